The molecule has 0 aromatic heterocycles. The summed E-state index contributed by atoms with van der Waals surface area (Å²) >= 11 is 0. The van der Waals surface area contributed by atoms with Gasteiger partial charge in [0.15, 0.2) is 11.3 Å². The van der Waals surface area contributed by atoms with E-state index in [1.807, 2.05) is 0 Å². The molecule has 0 bridgehead atoms. The highest BCUT2D eigenvalue weighted by Crippen LogP contribution is 2.41. The van der Waals surface area contributed by atoms with Gasteiger partial charge >= 0.3 is 12.1 Å². The number of non-ortho nitro benzene ring substituents is 1. The predicted octanol–water partition coefficient (Wildman–Crippen LogP) is 5.14. The summed E-state index contributed by atoms with van der Waals surface area (Å²) in [4.78, 5) is 37.1. The number of nitrogens with one attached hydrogen (secondary N) is 1. The average molecular weight is 496 g/mol. The smallest absolute Gasteiger partial charge is 0.416 e. The normalized spacial score (nSPS) is 19.4. The third kappa shape index (κ3) is 4.50. The number of benzene rings is 3. The third-order valence-corrected chi connectivity index (χ3v) is 5.97. The topological polar surface area (TPSA) is 98.5 Å². The van der Waals surface area contributed by atoms with Gasteiger partial charge in [-0.05, 0) is 29.3 Å². The first kappa shape index (κ1) is 24.8. The van der Waals surface area contributed by atoms with E-state index in [-0.39, 0.29) is 16.8 Å². The van der Waals surface area contributed by atoms with Crippen molar-refractivity contribution in [3.8, 4) is 0 Å². The van der Waals surface area contributed by atoms with Crippen LogP contribution in [0.3, 0.4) is 0 Å². The second-order valence-electron chi connectivity index (χ2n) is 8.10. The second kappa shape index (κ2) is 9.38. The summed E-state index contributed by atoms with van der Waals surface area (Å²) in [6.07, 6.45) is -3.16. The molecule has 1 aliphatic rings. The molecule has 0 amide bonds. The number of Topliss-reactive ketones (excluding diaryl/α,β-unsaturated/α-hetero) is 1. The predicted molar refractivity (Wildman–Crippen MR) is 123 cm³/mol. The second-order valence-corrected chi connectivity index (χ2v) is 8.10. The molecule has 0 fully saturated rings. The third-order valence-electron chi connectivity index (χ3n) is 5.97. The van der Waals surface area contributed by atoms with Crippen LogP contribution in [0.1, 0.15) is 33.1 Å². The first-order valence-electron chi connectivity index (χ1n) is 10.7. The van der Waals surface area contributed by atoms with Crippen molar-refractivity contribution in [1.82, 2.24) is 5.32 Å². The van der Waals surface area contributed by atoms with Crippen molar-refractivity contribution in [2.75, 3.05) is 7.11 Å². The molecule has 0 spiro atoms. The lowest BCUT2D eigenvalue weighted by Gasteiger charge is -2.28. The van der Waals surface area contributed by atoms with E-state index in [9.17, 15) is 32.9 Å². The highest BCUT2D eigenvalue weighted by molar-refractivity contribution is 6.11. The molecule has 2 atom stereocenters. The number of alkyl halides is 3. The molecule has 4 rings (SSSR count). The van der Waals surface area contributed by atoms with Crippen LogP contribution in [0.2, 0.25) is 0 Å². The van der Waals surface area contributed by atoms with Gasteiger partial charge in [-0.15, -0.1) is 0 Å². The zero-order valence-corrected chi connectivity index (χ0v) is 18.8. The van der Waals surface area contributed by atoms with E-state index in [1.165, 1.54) is 37.5 Å². The van der Waals surface area contributed by atoms with Gasteiger partial charge in [-0.3, -0.25) is 20.2 Å². The number of carbonyl (C=O) groups excluding carboxylic acids is 2. The van der Waals surface area contributed by atoms with E-state index in [0.717, 1.165) is 24.3 Å². The number of nitrogens with zero attached hydrogens (tertiary/aromatic N) is 1. The molecule has 0 saturated carbocycles. The molecular formula is C26H19F3N2O5. The Morgan fingerprint density at radius 1 is 0.972 bits per heavy atom. The van der Waals surface area contributed by atoms with Crippen LogP contribution >= 0.6 is 0 Å². The van der Waals surface area contributed by atoms with E-state index in [4.69, 9.17) is 4.74 Å². The number of esters is 1. The van der Waals surface area contributed by atoms with Crippen LogP contribution in [0, 0.1) is 10.1 Å². The number of carbonyl (C=O) groups is 2. The molecule has 1 N–H and O–H groups in total. The van der Waals surface area contributed by atoms with Crippen LogP contribution < -0.4 is 5.32 Å². The maximum atomic E-state index is 13.5. The van der Waals surface area contributed by atoms with Crippen molar-refractivity contribution < 1.29 is 32.4 Å². The standard InChI is InChI=1S/C26H19F3N2O5/c1-36-24(33)25(18-5-3-2-4-6-18)15-21(22(30-25)16-9-13-20(14-10-16)31(34)35)23(32)17-7-11-19(12-8-17)26(27,28)29/h2-15,22,30H,1H3/t22-,25-/m0/s1. The Labute approximate surface area is 203 Å². The molecule has 0 unspecified atom stereocenters. The van der Waals surface area contributed by atoms with E-state index in [1.54, 1.807) is 30.3 Å². The molecule has 7 nitrogen and oxygen atoms in total. The Morgan fingerprint density at radius 2 is 1.58 bits per heavy atom. The van der Waals surface area contributed by atoms with Gasteiger partial charge in [0, 0.05) is 23.3 Å². The average Bonchev–Trinajstić information content (AvgIpc) is 3.30. The lowest BCUT2D eigenvalue weighted by molar-refractivity contribution is -0.384. The summed E-state index contributed by atoms with van der Waals surface area (Å²) in [5, 5.41) is 14.2. The molecule has 0 radical (unpaired) electrons. The minimum Gasteiger partial charge on any atom is -0.467 e. The molecule has 3 aromatic rings. The Bertz CT molecular complexity index is 1340. The van der Waals surface area contributed by atoms with E-state index in [2.05, 4.69) is 5.32 Å². The first-order valence-corrected chi connectivity index (χ1v) is 10.7. The van der Waals surface area contributed by atoms with Gasteiger partial charge in [-0.25, -0.2) is 4.79 Å². The number of ketones is 1. The van der Waals surface area contributed by atoms with E-state index in [0.29, 0.717) is 11.1 Å². The monoisotopic (exact) mass is 496 g/mol. The number of ether oxygens (including phenoxy) is 1. The molecule has 184 valence electrons. The fourth-order valence-electron chi connectivity index (χ4n) is 4.15. The van der Waals surface area contributed by atoms with Crippen molar-refractivity contribution >= 4 is 17.4 Å². The summed E-state index contributed by atoms with van der Waals surface area (Å²) in [5.74, 6) is -1.32. The van der Waals surface area contributed by atoms with Crippen LogP contribution in [0.4, 0.5) is 18.9 Å². The molecular weight excluding hydrogens is 477 g/mol. The highest BCUT2D eigenvalue weighted by Gasteiger charge is 2.49. The number of hydrogen-bond donors (Lipinski definition) is 1. The van der Waals surface area contributed by atoms with Gasteiger partial charge in [0.05, 0.1) is 23.6 Å². The van der Waals surface area contributed by atoms with Gasteiger partial charge in [0.25, 0.3) is 5.69 Å². The number of rotatable bonds is 6. The highest BCUT2D eigenvalue weighted by atomic mass is 19.4. The van der Waals surface area contributed by atoms with Crippen molar-refractivity contribution in [2.45, 2.75) is 17.8 Å². The summed E-state index contributed by atoms with van der Waals surface area (Å²) in [5.41, 5.74) is -1.68. The Hall–Kier alpha value is -4.31. The zero-order chi connectivity index (χ0) is 26.1. The summed E-state index contributed by atoms with van der Waals surface area (Å²) in [6.45, 7) is 0. The van der Waals surface area contributed by atoms with Gasteiger partial charge in [-0.2, -0.15) is 13.2 Å². The SMILES string of the molecule is COC(=O)[C@@]1(c2ccccc2)C=C(C(=O)c2ccc(C(F)(F)F)cc2)[C@H](c2ccc([N+](=O)[O-])cc2)N1. The van der Waals surface area contributed by atoms with E-state index < -0.39 is 40.0 Å². The van der Waals surface area contributed by atoms with Crippen LogP contribution in [-0.4, -0.2) is 23.8 Å². The van der Waals surface area contributed by atoms with Crippen molar-refractivity contribution in [3.63, 3.8) is 0 Å². The number of methoxy groups -OCH3 is 1. The minimum absolute atomic E-state index is 0.0170. The van der Waals surface area contributed by atoms with Crippen LogP contribution in [0.15, 0.2) is 90.5 Å². The maximum absolute atomic E-state index is 13.5. The summed E-state index contributed by atoms with van der Waals surface area (Å²) < 4.78 is 44.1. The van der Waals surface area contributed by atoms with E-state index >= 15 is 0 Å². The Kier molecular flexibility index (Phi) is 6.47. The lowest BCUT2D eigenvalue weighted by Crippen LogP contribution is -2.46. The molecule has 0 saturated heterocycles. The fraction of sp³-hybridized carbons (Fsp3) is 0.154. The van der Waals surface area contributed by atoms with Crippen LogP contribution in [0.25, 0.3) is 0 Å². The molecule has 36 heavy (non-hydrogen) atoms. The van der Waals surface area contributed by atoms with Crippen molar-refractivity contribution in [1.29, 1.82) is 0 Å². The number of nitro benzene ring substituents is 1. The number of hydrogen-bond acceptors (Lipinski definition) is 6. The number of halogens is 3. The Morgan fingerprint density at radius 3 is 2.11 bits per heavy atom. The zero-order valence-electron chi connectivity index (χ0n) is 18.8. The minimum atomic E-state index is -4.57. The first-order chi connectivity index (χ1) is 17.1. The van der Waals surface area contributed by atoms with Gasteiger partial charge in [-0.1, -0.05) is 54.6 Å². The number of nitro groups is 1. The van der Waals surface area contributed by atoms with Crippen molar-refractivity contribution in [2.24, 2.45) is 0 Å². The van der Waals surface area contributed by atoms with Gasteiger partial charge in [0.2, 0.25) is 0 Å². The van der Waals surface area contributed by atoms with Crippen LogP contribution in [-0.2, 0) is 21.2 Å². The molecule has 1 heterocycles. The summed E-state index contributed by atoms with van der Waals surface area (Å²) in [6, 6.07) is 16.7. The maximum Gasteiger partial charge on any atom is 0.416 e. The molecule has 10 heteroatoms. The molecule has 1 aliphatic heterocycles. The quantitative estimate of drug-likeness (QED) is 0.220. The Balaban J connectivity index is 1.84. The summed E-state index contributed by atoms with van der Waals surface area (Å²) in [7, 11) is 1.19. The van der Waals surface area contributed by atoms with Gasteiger partial charge < -0.3 is 4.74 Å². The lowest BCUT2D eigenvalue weighted by atomic mass is 9.89. The van der Waals surface area contributed by atoms with Gasteiger partial charge in [0.1, 0.15) is 0 Å². The largest absolute Gasteiger partial charge is 0.467 e. The van der Waals surface area contributed by atoms with Crippen molar-refractivity contribution in [3.05, 3.63) is 123 Å². The fourth-order valence-corrected chi connectivity index (χ4v) is 4.15. The molecule has 0 aliphatic carbocycles. The van der Waals surface area contributed by atoms with Crippen LogP contribution in [0.5, 0.6) is 0 Å². The molecule has 3 aromatic carbocycles.